The number of carbonyl (C=O) groups excluding carboxylic acids is 1. The Hall–Kier alpha value is -2.35. The number of aromatic nitrogens is 2. The molecule has 1 aliphatic rings. The molecule has 1 saturated heterocycles. The largest absolute Gasteiger partial charge is 0.416 e. The first-order valence-corrected chi connectivity index (χ1v) is 8.30. The Bertz CT molecular complexity index is 821. The third kappa shape index (κ3) is 3.46. The monoisotopic (exact) mass is 367 g/mol. The van der Waals surface area contributed by atoms with Crippen LogP contribution >= 0.6 is 0 Å². The highest BCUT2D eigenvalue weighted by atomic mass is 19.4. The van der Waals surface area contributed by atoms with Crippen LogP contribution in [0.2, 0.25) is 0 Å². The summed E-state index contributed by atoms with van der Waals surface area (Å²) in [6, 6.07) is 6.46. The Labute approximate surface area is 149 Å². The maximum atomic E-state index is 12.9. The normalized spacial score (nSPS) is 17.4. The fourth-order valence-electron chi connectivity index (χ4n) is 3.33. The summed E-state index contributed by atoms with van der Waals surface area (Å²) in [4.78, 5) is 14.2. The van der Waals surface area contributed by atoms with Gasteiger partial charge in [0.15, 0.2) is 0 Å². The highest BCUT2D eigenvalue weighted by Gasteiger charge is 2.38. The Morgan fingerprint density at radius 3 is 2.42 bits per heavy atom. The van der Waals surface area contributed by atoms with E-state index in [0.717, 1.165) is 17.8 Å². The Morgan fingerprint density at radius 2 is 1.88 bits per heavy atom. The molecule has 5 nitrogen and oxygen atoms in total. The molecule has 1 fully saturated rings. The number of alkyl halides is 3. The Morgan fingerprint density at radius 1 is 1.23 bits per heavy atom. The molecule has 0 bridgehead atoms. The minimum absolute atomic E-state index is 0.177. The summed E-state index contributed by atoms with van der Waals surface area (Å²) < 4.78 is 40.2. The van der Waals surface area contributed by atoms with Gasteiger partial charge in [-0.25, -0.2) is 0 Å². The number of carbonyl (C=O) groups is 1. The Balaban J connectivity index is 1.75. The maximum absolute atomic E-state index is 12.9. The van der Waals surface area contributed by atoms with Crippen molar-refractivity contribution in [1.82, 2.24) is 14.7 Å². The molecule has 2 aromatic rings. The predicted molar refractivity (Wildman–Crippen MR) is 88.4 cm³/mol. The predicted octanol–water partition coefficient (Wildman–Crippen LogP) is 2.87. The summed E-state index contributed by atoms with van der Waals surface area (Å²) in [6.45, 7) is 2.31. The number of aryl methyl sites for hydroxylation is 2. The van der Waals surface area contributed by atoms with Gasteiger partial charge in [0.1, 0.15) is 5.69 Å². The molecular formula is C18H20F3N3O2. The van der Waals surface area contributed by atoms with Gasteiger partial charge in [-0.1, -0.05) is 12.1 Å². The van der Waals surface area contributed by atoms with Gasteiger partial charge in [-0.05, 0) is 43.5 Å². The highest BCUT2D eigenvalue weighted by molar-refractivity contribution is 5.92. The van der Waals surface area contributed by atoms with Crippen molar-refractivity contribution in [3.8, 4) is 0 Å². The van der Waals surface area contributed by atoms with Crippen LogP contribution in [0.3, 0.4) is 0 Å². The molecule has 2 heterocycles. The SMILES string of the molecule is Cc1cc(C(=O)N2CCC(O)(c3cccc(C(F)(F)F)c3)CC2)n(C)n1. The van der Waals surface area contributed by atoms with Crippen molar-refractivity contribution in [3.63, 3.8) is 0 Å². The van der Waals surface area contributed by atoms with Crippen LogP contribution < -0.4 is 0 Å². The van der Waals surface area contributed by atoms with E-state index in [1.807, 2.05) is 0 Å². The quantitative estimate of drug-likeness (QED) is 0.888. The van der Waals surface area contributed by atoms with Crippen molar-refractivity contribution in [2.75, 3.05) is 13.1 Å². The summed E-state index contributed by atoms with van der Waals surface area (Å²) >= 11 is 0. The molecule has 0 unspecified atom stereocenters. The molecule has 8 heteroatoms. The van der Waals surface area contributed by atoms with E-state index in [0.29, 0.717) is 5.69 Å². The third-order valence-corrected chi connectivity index (χ3v) is 4.83. The highest BCUT2D eigenvalue weighted by Crippen LogP contribution is 2.37. The molecule has 0 aliphatic carbocycles. The second-order valence-corrected chi connectivity index (χ2v) is 6.70. The van der Waals surface area contributed by atoms with Crippen LogP contribution in [-0.4, -0.2) is 38.8 Å². The molecule has 0 radical (unpaired) electrons. The number of amides is 1. The second kappa shape index (κ2) is 6.42. The maximum Gasteiger partial charge on any atom is 0.416 e. The lowest BCUT2D eigenvalue weighted by Crippen LogP contribution is -2.45. The minimum Gasteiger partial charge on any atom is -0.385 e. The van der Waals surface area contributed by atoms with Gasteiger partial charge >= 0.3 is 6.18 Å². The van der Waals surface area contributed by atoms with Gasteiger partial charge in [-0.2, -0.15) is 18.3 Å². The lowest BCUT2D eigenvalue weighted by Gasteiger charge is -2.38. The van der Waals surface area contributed by atoms with Crippen LogP contribution in [0.15, 0.2) is 30.3 Å². The molecule has 3 rings (SSSR count). The van der Waals surface area contributed by atoms with Crippen LogP contribution in [0.25, 0.3) is 0 Å². The van der Waals surface area contributed by atoms with E-state index in [1.54, 1.807) is 24.9 Å². The van der Waals surface area contributed by atoms with E-state index in [1.165, 1.54) is 16.8 Å². The lowest BCUT2D eigenvalue weighted by atomic mass is 9.83. The van der Waals surface area contributed by atoms with Crippen molar-refractivity contribution >= 4 is 5.91 Å². The molecule has 1 amide bonds. The van der Waals surface area contributed by atoms with Crippen LogP contribution in [0, 0.1) is 6.92 Å². The van der Waals surface area contributed by atoms with Gasteiger partial charge in [-0.3, -0.25) is 9.48 Å². The summed E-state index contributed by atoms with van der Waals surface area (Å²) in [6.07, 6.45) is -4.10. The molecule has 26 heavy (non-hydrogen) atoms. The van der Waals surface area contributed by atoms with Gasteiger partial charge in [0, 0.05) is 20.1 Å². The Kier molecular flexibility index (Phi) is 4.56. The van der Waals surface area contributed by atoms with Gasteiger partial charge in [-0.15, -0.1) is 0 Å². The summed E-state index contributed by atoms with van der Waals surface area (Å²) in [5, 5.41) is 15.0. The van der Waals surface area contributed by atoms with Crippen molar-refractivity contribution < 1.29 is 23.1 Å². The zero-order valence-corrected chi connectivity index (χ0v) is 14.5. The van der Waals surface area contributed by atoms with Crippen molar-refractivity contribution in [2.45, 2.75) is 31.5 Å². The molecule has 0 atom stereocenters. The lowest BCUT2D eigenvalue weighted by molar-refractivity contribution is -0.137. The topological polar surface area (TPSA) is 58.4 Å². The number of aliphatic hydroxyl groups is 1. The van der Waals surface area contributed by atoms with Crippen LogP contribution in [0.4, 0.5) is 13.2 Å². The smallest absolute Gasteiger partial charge is 0.385 e. The molecule has 1 aromatic heterocycles. The zero-order valence-electron chi connectivity index (χ0n) is 14.5. The van der Waals surface area contributed by atoms with Gasteiger partial charge in [0.25, 0.3) is 5.91 Å². The van der Waals surface area contributed by atoms with Gasteiger partial charge < -0.3 is 10.0 Å². The van der Waals surface area contributed by atoms with E-state index < -0.39 is 17.3 Å². The number of likely N-dealkylation sites (tertiary alicyclic amines) is 1. The van der Waals surface area contributed by atoms with Crippen LogP contribution in [0.5, 0.6) is 0 Å². The number of halogens is 3. The average molecular weight is 367 g/mol. The first-order chi connectivity index (χ1) is 12.1. The molecule has 0 spiro atoms. The van der Waals surface area contributed by atoms with Crippen molar-refractivity contribution in [3.05, 3.63) is 52.8 Å². The zero-order chi connectivity index (χ0) is 19.1. The van der Waals surface area contributed by atoms with Gasteiger partial charge in [0.2, 0.25) is 0 Å². The number of hydrogen-bond acceptors (Lipinski definition) is 3. The first-order valence-electron chi connectivity index (χ1n) is 8.30. The fourth-order valence-corrected chi connectivity index (χ4v) is 3.33. The number of nitrogens with zero attached hydrogens (tertiary/aromatic N) is 3. The molecule has 1 aliphatic heterocycles. The fraction of sp³-hybridized carbons (Fsp3) is 0.444. The standard InChI is InChI=1S/C18H20F3N3O2/c1-12-10-15(23(2)22-12)16(25)24-8-6-17(26,7-9-24)13-4-3-5-14(11-13)18(19,20)21/h3-5,10-11,26H,6-9H2,1-2H3. The molecular weight excluding hydrogens is 347 g/mol. The summed E-state index contributed by atoms with van der Waals surface area (Å²) in [7, 11) is 1.68. The number of benzene rings is 1. The molecule has 0 saturated carbocycles. The van der Waals surface area contributed by atoms with E-state index in [2.05, 4.69) is 5.10 Å². The van der Waals surface area contributed by atoms with Crippen LogP contribution in [0.1, 0.15) is 40.2 Å². The molecule has 1 N–H and O–H groups in total. The number of hydrogen-bond donors (Lipinski definition) is 1. The van der Waals surface area contributed by atoms with Crippen molar-refractivity contribution in [1.29, 1.82) is 0 Å². The summed E-state index contributed by atoms with van der Waals surface area (Å²) in [5.74, 6) is -0.195. The minimum atomic E-state index is -4.46. The van der Waals surface area contributed by atoms with Gasteiger partial charge in [0.05, 0.1) is 16.9 Å². The third-order valence-electron chi connectivity index (χ3n) is 4.83. The number of piperidine rings is 1. The average Bonchev–Trinajstić information content (AvgIpc) is 2.93. The second-order valence-electron chi connectivity index (χ2n) is 6.70. The number of rotatable bonds is 2. The first kappa shape index (κ1) is 18.4. The van der Waals surface area contributed by atoms with E-state index in [-0.39, 0.29) is 37.4 Å². The molecule has 140 valence electrons. The van der Waals surface area contributed by atoms with E-state index >= 15 is 0 Å². The van der Waals surface area contributed by atoms with Crippen LogP contribution in [-0.2, 0) is 18.8 Å². The molecule has 1 aromatic carbocycles. The van der Waals surface area contributed by atoms with E-state index in [9.17, 15) is 23.1 Å². The van der Waals surface area contributed by atoms with E-state index in [4.69, 9.17) is 0 Å². The van der Waals surface area contributed by atoms with Crippen molar-refractivity contribution in [2.24, 2.45) is 7.05 Å². The summed E-state index contributed by atoms with van der Waals surface area (Å²) in [5.41, 5.74) is -0.746.